The van der Waals surface area contributed by atoms with Crippen molar-refractivity contribution in [1.82, 2.24) is 10.3 Å². The molecule has 3 aromatic rings. The molecule has 2 heterocycles. The van der Waals surface area contributed by atoms with Gasteiger partial charge in [-0.15, -0.1) is 11.3 Å². The number of benzene rings is 2. The summed E-state index contributed by atoms with van der Waals surface area (Å²) in [6, 6.07) is 18.7. The molecule has 0 bridgehead atoms. The van der Waals surface area contributed by atoms with Gasteiger partial charge in [-0.1, -0.05) is 42.5 Å². The van der Waals surface area contributed by atoms with Crippen molar-refractivity contribution in [2.24, 2.45) is 5.10 Å². The van der Waals surface area contributed by atoms with Crippen molar-refractivity contribution in [3.8, 4) is 0 Å². The zero-order chi connectivity index (χ0) is 20.2. The van der Waals surface area contributed by atoms with E-state index < -0.39 is 11.7 Å². The second kappa shape index (κ2) is 8.36. The second-order valence-corrected chi connectivity index (χ2v) is 7.53. The predicted octanol–water partition coefficient (Wildman–Crippen LogP) is 3.99. The van der Waals surface area contributed by atoms with Gasteiger partial charge in [0.05, 0.1) is 23.2 Å². The lowest BCUT2D eigenvalue weighted by atomic mass is 10.0. The molecular weight excluding hydrogens is 389 g/mol. The summed E-state index contributed by atoms with van der Waals surface area (Å²) in [4.78, 5) is 26.1. The van der Waals surface area contributed by atoms with Gasteiger partial charge in [0.15, 0.2) is 0 Å². The maximum absolute atomic E-state index is 13.3. The number of carbonyl (C=O) groups excluding carboxylic acids is 2. The molecule has 0 aliphatic carbocycles. The molecule has 29 heavy (non-hydrogen) atoms. The van der Waals surface area contributed by atoms with Gasteiger partial charge in [-0.25, -0.2) is 9.40 Å². The number of amides is 2. The summed E-state index contributed by atoms with van der Waals surface area (Å²) >= 11 is 1.57. The number of hydrazone groups is 1. The third-order valence-electron chi connectivity index (χ3n) is 4.64. The van der Waals surface area contributed by atoms with Crippen molar-refractivity contribution in [3.63, 3.8) is 0 Å². The third-order valence-corrected chi connectivity index (χ3v) is 5.56. The summed E-state index contributed by atoms with van der Waals surface area (Å²) in [7, 11) is 0. The summed E-state index contributed by atoms with van der Waals surface area (Å²) in [5.41, 5.74) is 1.99. The Morgan fingerprint density at radius 3 is 2.66 bits per heavy atom. The Balaban J connectivity index is 1.51. The van der Waals surface area contributed by atoms with Crippen molar-refractivity contribution in [2.45, 2.75) is 12.5 Å². The molecule has 0 fully saturated rings. The molecule has 7 heteroatoms. The molecule has 1 N–H and O–H groups in total. The quantitative estimate of drug-likeness (QED) is 0.695. The molecular formula is C22H18FN3O2S. The van der Waals surface area contributed by atoms with Crippen LogP contribution in [0.25, 0.3) is 0 Å². The fraction of sp³-hybridized carbons (Fsp3) is 0.136. The van der Waals surface area contributed by atoms with Crippen LogP contribution in [-0.4, -0.2) is 29.1 Å². The number of hydrogen-bond donors (Lipinski definition) is 1. The van der Waals surface area contributed by atoms with Crippen LogP contribution in [0, 0.1) is 5.82 Å². The number of halogens is 1. The van der Waals surface area contributed by atoms with E-state index in [2.05, 4.69) is 10.4 Å². The maximum atomic E-state index is 13.3. The van der Waals surface area contributed by atoms with E-state index in [0.29, 0.717) is 6.42 Å². The molecule has 0 unspecified atom stereocenters. The highest BCUT2D eigenvalue weighted by molar-refractivity contribution is 7.12. The van der Waals surface area contributed by atoms with Gasteiger partial charge in [0, 0.05) is 12.0 Å². The minimum absolute atomic E-state index is 0.168. The van der Waals surface area contributed by atoms with E-state index in [0.717, 1.165) is 22.2 Å². The smallest absolute Gasteiger partial charge is 0.262 e. The van der Waals surface area contributed by atoms with Crippen LogP contribution in [0.3, 0.4) is 0 Å². The highest BCUT2D eigenvalue weighted by Crippen LogP contribution is 2.33. The summed E-state index contributed by atoms with van der Waals surface area (Å²) in [5, 5.41) is 10.5. The average molecular weight is 407 g/mol. The van der Waals surface area contributed by atoms with Crippen LogP contribution in [-0.2, 0) is 4.79 Å². The fourth-order valence-corrected chi connectivity index (χ4v) is 3.96. The number of nitrogens with one attached hydrogen (secondary N) is 1. The Labute approximate surface area is 171 Å². The minimum atomic E-state index is -0.504. The van der Waals surface area contributed by atoms with Gasteiger partial charge in [0.25, 0.3) is 11.8 Å². The molecule has 1 aliphatic heterocycles. The van der Waals surface area contributed by atoms with E-state index in [4.69, 9.17) is 0 Å². The van der Waals surface area contributed by atoms with E-state index in [9.17, 15) is 14.0 Å². The van der Waals surface area contributed by atoms with Crippen LogP contribution < -0.4 is 5.32 Å². The molecule has 4 rings (SSSR count). The van der Waals surface area contributed by atoms with Gasteiger partial charge in [-0.2, -0.15) is 5.10 Å². The third kappa shape index (κ3) is 4.25. The van der Waals surface area contributed by atoms with Crippen LogP contribution in [0.4, 0.5) is 4.39 Å². The Morgan fingerprint density at radius 2 is 1.93 bits per heavy atom. The lowest BCUT2D eigenvalue weighted by Crippen LogP contribution is -2.38. The van der Waals surface area contributed by atoms with Crippen LogP contribution >= 0.6 is 11.3 Å². The van der Waals surface area contributed by atoms with Gasteiger partial charge in [0.1, 0.15) is 5.82 Å². The molecule has 1 atom stereocenters. The molecule has 5 nitrogen and oxygen atoms in total. The largest absolute Gasteiger partial charge is 0.343 e. The summed E-state index contributed by atoms with van der Waals surface area (Å²) in [5.74, 6) is -1.33. The first-order valence-electron chi connectivity index (χ1n) is 9.14. The SMILES string of the molecule is O=C(NCC(=O)N1N=C(c2cccs2)C[C@H]1c1ccccc1)c1cccc(F)c1. The highest BCUT2D eigenvalue weighted by atomic mass is 32.1. The molecule has 0 saturated carbocycles. The molecule has 0 spiro atoms. The standard InChI is InChI=1S/C22H18FN3O2S/c23-17-9-4-8-16(12-17)22(28)24-14-21(27)26-19(15-6-2-1-3-7-15)13-18(25-26)20-10-5-11-29-20/h1-12,19H,13-14H2,(H,24,28)/t19-/m0/s1. The van der Waals surface area contributed by atoms with E-state index in [1.807, 2.05) is 47.8 Å². The highest BCUT2D eigenvalue weighted by Gasteiger charge is 2.33. The molecule has 0 radical (unpaired) electrons. The van der Waals surface area contributed by atoms with Gasteiger partial charge in [-0.3, -0.25) is 9.59 Å². The van der Waals surface area contributed by atoms with Crippen molar-refractivity contribution in [1.29, 1.82) is 0 Å². The molecule has 2 amide bonds. The van der Waals surface area contributed by atoms with Crippen LogP contribution in [0.1, 0.15) is 33.3 Å². The second-order valence-electron chi connectivity index (χ2n) is 6.59. The van der Waals surface area contributed by atoms with Gasteiger partial charge in [-0.05, 0) is 35.2 Å². The molecule has 1 aromatic heterocycles. The summed E-state index contributed by atoms with van der Waals surface area (Å²) in [6.07, 6.45) is 0.605. The van der Waals surface area contributed by atoms with E-state index in [1.54, 1.807) is 11.3 Å². The van der Waals surface area contributed by atoms with E-state index in [1.165, 1.54) is 23.2 Å². The predicted molar refractivity (Wildman–Crippen MR) is 110 cm³/mol. The van der Waals surface area contributed by atoms with Gasteiger partial charge in [0.2, 0.25) is 0 Å². The number of carbonyl (C=O) groups is 2. The van der Waals surface area contributed by atoms with Crippen molar-refractivity contribution >= 4 is 28.9 Å². The van der Waals surface area contributed by atoms with E-state index >= 15 is 0 Å². The molecule has 2 aromatic carbocycles. The van der Waals surface area contributed by atoms with E-state index in [-0.39, 0.29) is 24.1 Å². The monoisotopic (exact) mass is 407 g/mol. The zero-order valence-electron chi connectivity index (χ0n) is 15.4. The Kier molecular flexibility index (Phi) is 5.48. The van der Waals surface area contributed by atoms with Crippen molar-refractivity contribution < 1.29 is 14.0 Å². The summed E-state index contributed by atoms with van der Waals surface area (Å²) < 4.78 is 13.3. The fourth-order valence-electron chi connectivity index (χ4n) is 3.24. The summed E-state index contributed by atoms with van der Waals surface area (Å²) in [6.45, 7) is -0.222. The van der Waals surface area contributed by atoms with Crippen molar-refractivity contribution in [2.75, 3.05) is 6.54 Å². The van der Waals surface area contributed by atoms with Crippen LogP contribution in [0.15, 0.2) is 77.2 Å². The van der Waals surface area contributed by atoms with Crippen LogP contribution in [0.2, 0.25) is 0 Å². The number of nitrogens with zero attached hydrogens (tertiary/aromatic N) is 2. The number of hydrogen-bond acceptors (Lipinski definition) is 4. The molecule has 0 saturated heterocycles. The first-order chi connectivity index (χ1) is 14.1. The zero-order valence-corrected chi connectivity index (χ0v) is 16.2. The van der Waals surface area contributed by atoms with Crippen LogP contribution in [0.5, 0.6) is 0 Å². The Morgan fingerprint density at radius 1 is 1.10 bits per heavy atom. The number of rotatable bonds is 5. The normalized spacial score (nSPS) is 15.8. The Hall–Kier alpha value is -3.32. The van der Waals surface area contributed by atoms with Crippen molar-refractivity contribution in [3.05, 3.63) is 93.9 Å². The minimum Gasteiger partial charge on any atom is -0.343 e. The lowest BCUT2D eigenvalue weighted by Gasteiger charge is -2.22. The molecule has 1 aliphatic rings. The van der Waals surface area contributed by atoms with Gasteiger partial charge < -0.3 is 5.32 Å². The van der Waals surface area contributed by atoms with Gasteiger partial charge >= 0.3 is 0 Å². The average Bonchev–Trinajstić information content (AvgIpc) is 3.42. The number of thiophene rings is 1. The maximum Gasteiger partial charge on any atom is 0.262 e. The molecule has 146 valence electrons. The first kappa shape index (κ1) is 19.0. The Bertz CT molecular complexity index is 1050. The topological polar surface area (TPSA) is 61.8 Å². The first-order valence-corrected chi connectivity index (χ1v) is 10.0. The lowest BCUT2D eigenvalue weighted by molar-refractivity contribution is -0.131.